The van der Waals surface area contributed by atoms with Crippen LogP contribution >= 0.6 is 15.9 Å². The largest absolute Gasteiger partial charge is 0.495 e. The van der Waals surface area contributed by atoms with Crippen LogP contribution in [0.4, 0.5) is 11.4 Å². The van der Waals surface area contributed by atoms with E-state index in [9.17, 15) is 14.9 Å². The summed E-state index contributed by atoms with van der Waals surface area (Å²) in [5.74, 6) is -0.0585. The number of methoxy groups -OCH3 is 1. The van der Waals surface area contributed by atoms with Gasteiger partial charge in [-0.05, 0) is 61.9 Å². The minimum Gasteiger partial charge on any atom is -0.495 e. The summed E-state index contributed by atoms with van der Waals surface area (Å²) in [4.78, 5) is 25.2. The molecule has 0 saturated heterocycles. The number of rotatable bonds is 8. The molecule has 3 aromatic rings. The Morgan fingerprint density at radius 3 is 2.49 bits per heavy atom. The predicted octanol–water partition coefficient (Wildman–Crippen LogP) is 5.64. The highest BCUT2D eigenvalue weighted by Crippen LogP contribution is 2.27. The highest BCUT2D eigenvalue weighted by atomic mass is 79.9. The van der Waals surface area contributed by atoms with Gasteiger partial charge in [0.2, 0.25) is 0 Å². The summed E-state index contributed by atoms with van der Waals surface area (Å²) < 4.78 is 11.7. The summed E-state index contributed by atoms with van der Waals surface area (Å²) >= 11 is 3.39. The molecule has 0 fully saturated rings. The maximum absolute atomic E-state index is 12.8. The Morgan fingerprint density at radius 1 is 1.00 bits per heavy atom. The minimum absolute atomic E-state index is 0.105. The monoisotopic (exact) mass is 533 g/mol. The molecule has 0 aliphatic heterocycles. The number of carbonyl (C=O) groups excluding carboxylic acids is 2. The van der Waals surface area contributed by atoms with Crippen molar-refractivity contribution in [3.8, 4) is 17.6 Å². The number of amides is 2. The molecule has 0 heterocycles. The topological polar surface area (TPSA) is 100 Å². The fourth-order valence-corrected chi connectivity index (χ4v) is 3.67. The van der Waals surface area contributed by atoms with E-state index in [0.717, 1.165) is 15.6 Å². The van der Waals surface area contributed by atoms with Crippen molar-refractivity contribution in [2.45, 2.75) is 13.8 Å². The van der Waals surface area contributed by atoms with Crippen LogP contribution in [0, 0.1) is 25.2 Å². The molecule has 0 bridgehead atoms. The van der Waals surface area contributed by atoms with Crippen LogP contribution in [0.5, 0.6) is 11.5 Å². The van der Waals surface area contributed by atoms with Gasteiger partial charge in [-0.25, -0.2) is 0 Å². The van der Waals surface area contributed by atoms with E-state index in [1.807, 2.05) is 32.0 Å². The number of nitrogens with zero attached hydrogens (tertiary/aromatic N) is 1. The molecule has 0 aliphatic rings. The van der Waals surface area contributed by atoms with Gasteiger partial charge in [0, 0.05) is 15.7 Å². The van der Waals surface area contributed by atoms with Crippen LogP contribution in [-0.2, 0) is 9.59 Å². The van der Waals surface area contributed by atoms with E-state index < -0.39 is 5.91 Å². The lowest BCUT2D eigenvalue weighted by Gasteiger charge is -2.12. The summed E-state index contributed by atoms with van der Waals surface area (Å²) in [7, 11) is 1.52. The molecule has 0 spiro atoms. The first-order valence-corrected chi connectivity index (χ1v) is 11.5. The first-order valence-electron chi connectivity index (χ1n) is 10.7. The van der Waals surface area contributed by atoms with E-state index in [-0.39, 0.29) is 18.1 Å². The molecule has 3 aromatic carbocycles. The van der Waals surface area contributed by atoms with Gasteiger partial charge in [0.25, 0.3) is 11.8 Å². The lowest BCUT2D eigenvalue weighted by atomic mass is 10.1. The molecule has 0 atom stereocenters. The average molecular weight is 534 g/mol. The third kappa shape index (κ3) is 6.95. The number of anilines is 2. The number of aryl methyl sites for hydroxylation is 2. The van der Waals surface area contributed by atoms with E-state index in [2.05, 4.69) is 26.6 Å². The van der Waals surface area contributed by atoms with Gasteiger partial charge in [-0.1, -0.05) is 45.8 Å². The molecule has 8 heteroatoms. The van der Waals surface area contributed by atoms with E-state index in [0.29, 0.717) is 28.4 Å². The van der Waals surface area contributed by atoms with Crippen LogP contribution in [0.1, 0.15) is 16.7 Å². The van der Waals surface area contributed by atoms with Gasteiger partial charge in [0.1, 0.15) is 23.1 Å². The predicted molar refractivity (Wildman–Crippen MR) is 139 cm³/mol. The molecule has 0 aliphatic carbocycles. The van der Waals surface area contributed by atoms with Crippen LogP contribution < -0.4 is 20.1 Å². The van der Waals surface area contributed by atoms with E-state index in [1.165, 1.54) is 13.2 Å². The van der Waals surface area contributed by atoms with Crippen molar-refractivity contribution in [3.05, 3.63) is 87.4 Å². The first kappa shape index (κ1) is 25.5. The van der Waals surface area contributed by atoms with E-state index in [1.54, 1.807) is 48.5 Å². The number of benzene rings is 3. The summed E-state index contributed by atoms with van der Waals surface area (Å²) in [6, 6.07) is 19.7. The molecule has 3 rings (SSSR count). The van der Waals surface area contributed by atoms with Gasteiger partial charge >= 0.3 is 0 Å². The number of hydrogen-bond acceptors (Lipinski definition) is 5. The number of carbonyl (C=O) groups is 2. The van der Waals surface area contributed by atoms with Crippen LogP contribution in [0.25, 0.3) is 6.08 Å². The van der Waals surface area contributed by atoms with Crippen molar-refractivity contribution in [3.63, 3.8) is 0 Å². The number of halogens is 1. The number of nitriles is 1. The SMILES string of the molecule is COc1ccccc1NC(=O)COc1ccc(Br)cc1/C=C(\C#N)C(=O)Nc1ccc(C)cc1C. The molecular weight excluding hydrogens is 510 g/mol. The standard InChI is InChI=1S/C27H24BrN3O4/c1-17-8-10-22(18(2)12-17)31-27(33)20(15-29)13-19-14-21(28)9-11-24(19)35-16-26(32)30-23-6-4-5-7-25(23)34-3/h4-14H,16H2,1-3H3,(H,30,32)(H,31,33)/b20-13+. The number of para-hydroxylation sites is 2. The third-order valence-electron chi connectivity index (χ3n) is 5.01. The average Bonchev–Trinajstić information content (AvgIpc) is 2.84. The van der Waals surface area contributed by atoms with E-state index in [4.69, 9.17) is 9.47 Å². The zero-order valence-electron chi connectivity index (χ0n) is 19.5. The van der Waals surface area contributed by atoms with E-state index >= 15 is 0 Å². The first-order chi connectivity index (χ1) is 16.8. The molecule has 0 saturated carbocycles. The van der Waals surface area contributed by atoms with Crippen molar-refractivity contribution in [2.75, 3.05) is 24.4 Å². The molecule has 2 amide bonds. The quantitative estimate of drug-likeness (QED) is 0.288. The van der Waals surface area contributed by atoms with Crippen molar-refractivity contribution in [2.24, 2.45) is 0 Å². The smallest absolute Gasteiger partial charge is 0.266 e. The Bertz CT molecular complexity index is 1330. The van der Waals surface area contributed by atoms with Gasteiger partial charge in [-0.3, -0.25) is 9.59 Å². The van der Waals surface area contributed by atoms with Crippen molar-refractivity contribution in [1.82, 2.24) is 0 Å². The maximum Gasteiger partial charge on any atom is 0.266 e. The summed E-state index contributed by atoms with van der Waals surface area (Å²) in [5.41, 5.74) is 3.48. The Hall–Kier alpha value is -4.09. The minimum atomic E-state index is -0.542. The second-order valence-corrected chi connectivity index (χ2v) is 8.58. The number of ether oxygens (including phenoxy) is 2. The molecule has 0 aromatic heterocycles. The second kappa shape index (κ2) is 11.9. The lowest BCUT2D eigenvalue weighted by Crippen LogP contribution is -2.20. The van der Waals surface area contributed by atoms with Crippen molar-refractivity contribution < 1.29 is 19.1 Å². The summed E-state index contributed by atoms with van der Waals surface area (Å²) in [6.45, 7) is 3.57. The number of nitrogens with one attached hydrogen (secondary N) is 2. The fourth-order valence-electron chi connectivity index (χ4n) is 3.29. The van der Waals surface area contributed by atoms with Gasteiger partial charge in [-0.15, -0.1) is 0 Å². The Balaban J connectivity index is 1.76. The van der Waals surface area contributed by atoms with Gasteiger partial charge in [0.15, 0.2) is 6.61 Å². The van der Waals surface area contributed by atoms with Crippen molar-refractivity contribution >= 4 is 45.2 Å². The van der Waals surface area contributed by atoms with Crippen LogP contribution in [0.3, 0.4) is 0 Å². The van der Waals surface area contributed by atoms with Gasteiger partial charge < -0.3 is 20.1 Å². The highest BCUT2D eigenvalue weighted by Gasteiger charge is 2.14. The molecule has 2 N–H and O–H groups in total. The fraction of sp³-hybridized carbons (Fsp3) is 0.148. The normalized spacial score (nSPS) is 10.8. The summed E-state index contributed by atoms with van der Waals surface area (Å²) in [6.07, 6.45) is 1.43. The second-order valence-electron chi connectivity index (χ2n) is 7.66. The maximum atomic E-state index is 12.8. The van der Waals surface area contributed by atoms with Crippen LogP contribution in [0.2, 0.25) is 0 Å². The zero-order valence-corrected chi connectivity index (χ0v) is 21.1. The molecule has 0 radical (unpaired) electrons. The Morgan fingerprint density at radius 2 is 1.77 bits per heavy atom. The molecule has 35 heavy (non-hydrogen) atoms. The highest BCUT2D eigenvalue weighted by molar-refractivity contribution is 9.10. The molecule has 178 valence electrons. The van der Waals surface area contributed by atoms with Gasteiger partial charge in [-0.2, -0.15) is 5.26 Å². The number of hydrogen-bond donors (Lipinski definition) is 2. The Kier molecular flexibility index (Phi) is 8.65. The molecular formula is C27H24BrN3O4. The summed E-state index contributed by atoms with van der Waals surface area (Å²) in [5, 5.41) is 15.1. The third-order valence-corrected chi connectivity index (χ3v) is 5.50. The molecule has 7 nitrogen and oxygen atoms in total. The zero-order chi connectivity index (χ0) is 25.4. The van der Waals surface area contributed by atoms with Crippen LogP contribution in [-0.4, -0.2) is 25.5 Å². The van der Waals surface area contributed by atoms with Crippen LogP contribution in [0.15, 0.2) is 70.7 Å². The van der Waals surface area contributed by atoms with Gasteiger partial charge in [0.05, 0.1) is 12.8 Å². The van der Waals surface area contributed by atoms with Crippen molar-refractivity contribution in [1.29, 1.82) is 5.26 Å². The lowest BCUT2D eigenvalue weighted by molar-refractivity contribution is -0.118. The molecule has 0 unspecified atom stereocenters. The Labute approximate surface area is 212 Å².